The van der Waals surface area contributed by atoms with Crippen molar-refractivity contribution in [3.8, 4) is 0 Å². The molecule has 1 saturated heterocycles. The lowest BCUT2D eigenvalue weighted by atomic mass is 10.2. The molecule has 0 saturated carbocycles. The highest BCUT2D eigenvalue weighted by atomic mass is 31.2. The second-order valence-corrected chi connectivity index (χ2v) is 7.60. The van der Waals surface area contributed by atoms with Crippen molar-refractivity contribution in [1.29, 1.82) is 0 Å². The average Bonchev–Trinajstić information content (AvgIpc) is 2.58. The van der Waals surface area contributed by atoms with E-state index in [4.69, 9.17) is 13.6 Å². The summed E-state index contributed by atoms with van der Waals surface area (Å²) in [5.41, 5.74) is 0. The smallest absolute Gasteiger partial charge is 0.346 e. The summed E-state index contributed by atoms with van der Waals surface area (Å²) in [6.45, 7) is 10.2. The number of phosphoric ester groups is 1. The fraction of sp³-hybridized carbons (Fsp3) is 1.00. The van der Waals surface area contributed by atoms with E-state index in [0.717, 1.165) is 38.5 Å². The fourth-order valence-electron chi connectivity index (χ4n) is 1.97. The zero-order valence-electron chi connectivity index (χ0n) is 15.6. The maximum Gasteiger partial charge on any atom is 0.474 e. The van der Waals surface area contributed by atoms with Crippen LogP contribution in [-0.4, -0.2) is 32.9 Å². The largest absolute Gasteiger partial charge is 0.474 e. The molecule has 2 N–H and O–H groups in total. The van der Waals surface area contributed by atoms with Crippen molar-refractivity contribution >= 4 is 7.82 Å². The highest BCUT2D eigenvalue weighted by Crippen LogP contribution is 2.49. The Balaban J connectivity index is 0.000000664. The summed E-state index contributed by atoms with van der Waals surface area (Å²) in [4.78, 5) is 0. The summed E-state index contributed by atoms with van der Waals surface area (Å²) in [5, 5.41) is 2.39. The van der Waals surface area contributed by atoms with Crippen molar-refractivity contribution in [3.63, 3.8) is 0 Å². The summed E-state index contributed by atoms with van der Waals surface area (Å²) < 4.78 is 28.0. The Kier molecular flexibility index (Phi) is 17.0. The normalized spacial score (nSPS) is 15.1. The predicted octanol–water partition coefficient (Wildman–Crippen LogP) is 4.28. The topological polar surface area (TPSA) is 61.4 Å². The van der Waals surface area contributed by atoms with Gasteiger partial charge in [0.05, 0.1) is 32.9 Å². The number of nitrogens with two attached hydrogens (primary N) is 1. The average molecular weight is 352 g/mol. The first-order chi connectivity index (χ1) is 11.2. The second-order valence-electron chi connectivity index (χ2n) is 5.93. The summed E-state index contributed by atoms with van der Waals surface area (Å²) in [7, 11) is -3.31. The molecule has 1 fully saturated rings. The SMILES string of the molecule is C1CC[NH2+]CC1.CCCCOP(=O)(OCCCC)OCCCC. The van der Waals surface area contributed by atoms with Crippen LogP contribution in [0, 0.1) is 0 Å². The Hall–Kier alpha value is 0.0700. The number of hydrogen-bond donors (Lipinski definition) is 1. The minimum absolute atomic E-state index is 0.437. The molecule has 0 unspecified atom stereocenters. The Morgan fingerprint density at radius 1 is 0.739 bits per heavy atom. The molecule has 0 spiro atoms. The maximum atomic E-state index is 12.2. The minimum atomic E-state index is -3.31. The minimum Gasteiger partial charge on any atom is -0.346 e. The molecule has 0 bridgehead atoms. The van der Waals surface area contributed by atoms with Gasteiger partial charge in [-0.1, -0.05) is 40.0 Å². The quantitative estimate of drug-likeness (QED) is 0.421. The van der Waals surface area contributed by atoms with E-state index in [-0.39, 0.29) is 0 Å². The first kappa shape index (κ1) is 23.1. The third kappa shape index (κ3) is 15.3. The van der Waals surface area contributed by atoms with Gasteiger partial charge in [0.1, 0.15) is 0 Å². The van der Waals surface area contributed by atoms with Crippen molar-refractivity contribution < 1.29 is 23.5 Å². The van der Waals surface area contributed by atoms with E-state index in [2.05, 4.69) is 26.1 Å². The number of piperidine rings is 1. The number of phosphoric acid groups is 1. The van der Waals surface area contributed by atoms with Gasteiger partial charge in [0.15, 0.2) is 0 Å². The Bertz CT molecular complexity index is 241. The van der Waals surface area contributed by atoms with Gasteiger partial charge < -0.3 is 5.32 Å². The van der Waals surface area contributed by atoms with Crippen LogP contribution < -0.4 is 5.32 Å². The van der Waals surface area contributed by atoms with Gasteiger partial charge in [-0.3, -0.25) is 13.6 Å². The molecule has 1 heterocycles. The van der Waals surface area contributed by atoms with Gasteiger partial charge in [0.25, 0.3) is 0 Å². The van der Waals surface area contributed by atoms with Gasteiger partial charge in [-0.05, 0) is 38.5 Å². The Morgan fingerprint density at radius 3 is 1.35 bits per heavy atom. The van der Waals surface area contributed by atoms with E-state index >= 15 is 0 Å². The third-order valence-electron chi connectivity index (χ3n) is 3.56. The summed E-state index contributed by atoms with van der Waals surface area (Å²) in [5.74, 6) is 0. The number of hydrogen-bond acceptors (Lipinski definition) is 4. The zero-order chi connectivity index (χ0) is 17.2. The molecule has 0 aromatic heterocycles. The fourth-order valence-corrected chi connectivity index (χ4v) is 3.25. The second kappa shape index (κ2) is 16.9. The molecule has 0 radical (unpaired) electrons. The van der Waals surface area contributed by atoms with Gasteiger partial charge in [-0.2, -0.15) is 0 Å². The monoisotopic (exact) mass is 352 g/mol. The molecule has 0 amide bonds. The maximum absolute atomic E-state index is 12.2. The van der Waals surface area contributed by atoms with Gasteiger partial charge in [-0.15, -0.1) is 0 Å². The van der Waals surface area contributed by atoms with Crippen molar-refractivity contribution in [2.45, 2.75) is 78.6 Å². The molecule has 6 heteroatoms. The van der Waals surface area contributed by atoms with E-state index in [0.29, 0.717) is 19.8 Å². The van der Waals surface area contributed by atoms with Crippen LogP contribution in [0.1, 0.15) is 78.6 Å². The Morgan fingerprint density at radius 2 is 1.13 bits per heavy atom. The molecule has 5 nitrogen and oxygen atoms in total. The van der Waals surface area contributed by atoms with Crippen LogP contribution in [0.25, 0.3) is 0 Å². The first-order valence-corrected chi connectivity index (χ1v) is 11.0. The van der Waals surface area contributed by atoms with E-state index in [1.807, 2.05) is 0 Å². The van der Waals surface area contributed by atoms with Crippen LogP contribution in [0.15, 0.2) is 0 Å². The molecule has 23 heavy (non-hydrogen) atoms. The molecule has 0 atom stereocenters. The summed E-state index contributed by atoms with van der Waals surface area (Å²) >= 11 is 0. The summed E-state index contributed by atoms with van der Waals surface area (Å²) in [6, 6.07) is 0. The van der Waals surface area contributed by atoms with Gasteiger partial charge in [0, 0.05) is 0 Å². The van der Waals surface area contributed by atoms with Crippen LogP contribution in [0.5, 0.6) is 0 Å². The van der Waals surface area contributed by atoms with Crippen molar-refractivity contribution in [2.75, 3.05) is 32.9 Å². The lowest BCUT2D eigenvalue weighted by Gasteiger charge is -2.17. The van der Waals surface area contributed by atoms with Crippen LogP contribution in [-0.2, 0) is 18.1 Å². The van der Waals surface area contributed by atoms with Gasteiger partial charge in [0.2, 0.25) is 0 Å². The first-order valence-electron chi connectivity index (χ1n) is 9.53. The standard InChI is InChI=1S/C12H27O4P.C5H11N/c1-4-7-10-14-17(13,15-11-8-5-2)16-12-9-6-3;1-2-4-6-5-3-1/h4-12H2,1-3H3;6H,1-5H2/p+1. The number of unbranched alkanes of at least 4 members (excludes halogenated alkanes) is 3. The molecule has 1 aliphatic heterocycles. The van der Waals surface area contributed by atoms with Crippen molar-refractivity contribution in [2.24, 2.45) is 0 Å². The van der Waals surface area contributed by atoms with Crippen LogP contribution in [0.3, 0.4) is 0 Å². The highest BCUT2D eigenvalue weighted by molar-refractivity contribution is 7.48. The van der Waals surface area contributed by atoms with E-state index in [9.17, 15) is 4.57 Å². The van der Waals surface area contributed by atoms with Crippen molar-refractivity contribution in [1.82, 2.24) is 0 Å². The van der Waals surface area contributed by atoms with E-state index in [1.54, 1.807) is 0 Å². The lowest BCUT2D eigenvalue weighted by molar-refractivity contribution is -0.662. The lowest BCUT2D eigenvalue weighted by Crippen LogP contribution is -2.85. The Labute approximate surface area is 143 Å². The molecular formula is C17H39NO4P+. The van der Waals surface area contributed by atoms with Crippen LogP contribution >= 0.6 is 7.82 Å². The molecule has 140 valence electrons. The van der Waals surface area contributed by atoms with Gasteiger partial charge >= 0.3 is 7.82 Å². The summed E-state index contributed by atoms with van der Waals surface area (Å²) in [6.07, 6.45) is 9.99. The van der Waals surface area contributed by atoms with E-state index < -0.39 is 7.82 Å². The molecular weight excluding hydrogens is 313 g/mol. The van der Waals surface area contributed by atoms with E-state index in [1.165, 1.54) is 32.4 Å². The number of quaternary nitrogens is 1. The van der Waals surface area contributed by atoms with Gasteiger partial charge in [-0.25, -0.2) is 4.57 Å². The third-order valence-corrected chi connectivity index (χ3v) is 5.05. The highest BCUT2D eigenvalue weighted by Gasteiger charge is 2.25. The van der Waals surface area contributed by atoms with Crippen molar-refractivity contribution in [3.05, 3.63) is 0 Å². The molecule has 0 aromatic rings. The van der Waals surface area contributed by atoms with Crippen LogP contribution in [0.2, 0.25) is 0 Å². The van der Waals surface area contributed by atoms with Crippen LogP contribution in [0.4, 0.5) is 0 Å². The molecule has 1 aliphatic rings. The predicted molar refractivity (Wildman–Crippen MR) is 95.7 cm³/mol. The molecule has 0 aromatic carbocycles. The molecule has 0 aliphatic carbocycles. The zero-order valence-corrected chi connectivity index (χ0v) is 16.5. The molecule has 1 rings (SSSR count). The number of rotatable bonds is 12.